The van der Waals surface area contributed by atoms with Crippen LogP contribution in [0.5, 0.6) is 0 Å². The lowest BCUT2D eigenvalue weighted by molar-refractivity contribution is 1.16. The van der Waals surface area contributed by atoms with Crippen molar-refractivity contribution in [3.63, 3.8) is 0 Å². The van der Waals surface area contributed by atoms with Gasteiger partial charge in [-0.1, -0.05) is 109 Å². The SMILES string of the molecule is c1cncc(-c2c(-c3ccncc3)c3cc(-n4c5ccccc5c5c6ccccc6ccc54)cnc3c3ccc(-n4c5ccccc5c5c6ccccc6ccc54)cc23)c1. The van der Waals surface area contributed by atoms with Crippen LogP contribution in [0.4, 0.5) is 0 Å². The van der Waals surface area contributed by atoms with Gasteiger partial charge < -0.3 is 9.13 Å². The summed E-state index contributed by atoms with van der Waals surface area (Å²) in [5, 5.41) is 13.2. The minimum Gasteiger partial charge on any atom is -0.309 e. The molecular formula is C55H33N5. The molecule has 0 unspecified atom stereocenters. The van der Waals surface area contributed by atoms with Gasteiger partial charge in [0.15, 0.2) is 0 Å². The van der Waals surface area contributed by atoms with Gasteiger partial charge in [-0.25, -0.2) is 0 Å². The van der Waals surface area contributed by atoms with Crippen LogP contribution in [0.1, 0.15) is 0 Å². The molecule has 278 valence electrons. The van der Waals surface area contributed by atoms with E-state index in [1.165, 1.54) is 54.1 Å². The predicted molar refractivity (Wildman–Crippen MR) is 249 cm³/mol. The fourth-order valence-corrected chi connectivity index (χ4v) is 10.00. The standard InChI is InChI=1S/C55H33N5/c1-3-13-40-34(10-1)19-23-49-53(40)43-15-5-7-17-47(43)59(49)38-21-22-42-45(30-38)52(37-12-9-27-57-32-37)51(36-25-28-56-29-26-36)46-31-39(33-58-55(42)46)60-48-18-8-6-16-44(48)54-41-14-4-2-11-35(41)20-24-50(54)60/h1-33H. The van der Waals surface area contributed by atoms with Gasteiger partial charge >= 0.3 is 0 Å². The first kappa shape index (κ1) is 32.9. The van der Waals surface area contributed by atoms with E-state index in [4.69, 9.17) is 4.98 Å². The van der Waals surface area contributed by atoms with Gasteiger partial charge in [0.1, 0.15) is 0 Å². The normalized spacial score (nSPS) is 12.0. The molecule has 13 aromatic rings. The van der Waals surface area contributed by atoms with Gasteiger partial charge in [-0.05, 0) is 104 Å². The van der Waals surface area contributed by atoms with Crippen molar-refractivity contribution in [2.24, 2.45) is 0 Å². The third kappa shape index (κ3) is 4.66. The smallest absolute Gasteiger partial charge is 0.0788 e. The molecule has 5 aromatic heterocycles. The van der Waals surface area contributed by atoms with Gasteiger partial charge in [-0.15, -0.1) is 0 Å². The maximum Gasteiger partial charge on any atom is 0.0788 e. The Labute approximate surface area is 344 Å². The second-order valence-electron chi connectivity index (χ2n) is 15.6. The monoisotopic (exact) mass is 763 g/mol. The number of fused-ring (bicyclic) bond motifs is 13. The van der Waals surface area contributed by atoms with Crippen LogP contribution in [0.15, 0.2) is 201 Å². The Kier molecular flexibility index (Phi) is 6.95. The molecule has 0 N–H and O–H groups in total. The van der Waals surface area contributed by atoms with Crippen LogP contribution in [0, 0.1) is 0 Å². The first-order valence-corrected chi connectivity index (χ1v) is 20.3. The van der Waals surface area contributed by atoms with Gasteiger partial charge in [-0.2, -0.15) is 0 Å². The van der Waals surface area contributed by atoms with E-state index < -0.39 is 0 Å². The molecule has 60 heavy (non-hydrogen) atoms. The Hall–Kier alpha value is -8.15. The molecule has 8 aromatic carbocycles. The van der Waals surface area contributed by atoms with Crippen molar-refractivity contribution in [2.45, 2.75) is 0 Å². The van der Waals surface area contributed by atoms with Crippen LogP contribution in [-0.4, -0.2) is 24.1 Å². The number of nitrogens with zero attached hydrogens (tertiary/aromatic N) is 5. The molecule has 0 fully saturated rings. The third-order valence-corrected chi connectivity index (χ3v) is 12.5. The summed E-state index contributed by atoms with van der Waals surface area (Å²) in [4.78, 5) is 14.6. The molecular weight excluding hydrogens is 731 g/mol. The zero-order valence-electron chi connectivity index (χ0n) is 32.3. The van der Waals surface area contributed by atoms with Crippen molar-refractivity contribution in [2.75, 3.05) is 0 Å². The van der Waals surface area contributed by atoms with E-state index in [0.29, 0.717) is 0 Å². The summed E-state index contributed by atoms with van der Waals surface area (Å²) in [6.07, 6.45) is 9.65. The Balaban J connectivity index is 1.15. The lowest BCUT2D eigenvalue weighted by Crippen LogP contribution is -2.00. The molecule has 0 aliphatic carbocycles. The van der Waals surface area contributed by atoms with Crippen LogP contribution in [-0.2, 0) is 0 Å². The van der Waals surface area contributed by atoms with Crippen LogP contribution >= 0.6 is 0 Å². The van der Waals surface area contributed by atoms with Crippen molar-refractivity contribution in [1.82, 2.24) is 24.1 Å². The lowest BCUT2D eigenvalue weighted by Gasteiger charge is -2.20. The van der Waals surface area contributed by atoms with Gasteiger partial charge in [0.05, 0.1) is 39.5 Å². The van der Waals surface area contributed by atoms with Crippen LogP contribution in [0.3, 0.4) is 0 Å². The highest BCUT2D eigenvalue weighted by Crippen LogP contribution is 2.46. The zero-order valence-corrected chi connectivity index (χ0v) is 32.3. The number of pyridine rings is 3. The molecule has 0 aliphatic heterocycles. The highest BCUT2D eigenvalue weighted by Gasteiger charge is 2.23. The van der Waals surface area contributed by atoms with Crippen LogP contribution in [0.25, 0.3) is 120 Å². The summed E-state index contributed by atoms with van der Waals surface area (Å²) in [6, 6.07) is 61.5. The van der Waals surface area contributed by atoms with E-state index >= 15 is 0 Å². The summed E-state index contributed by atoms with van der Waals surface area (Å²) in [7, 11) is 0. The molecule has 0 amide bonds. The van der Waals surface area contributed by atoms with E-state index in [1.807, 2.05) is 30.9 Å². The molecule has 0 bridgehead atoms. The number of benzene rings is 8. The minimum absolute atomic E-state index is 0.944. The molecule has 0 spiro atoms. The molecule has 0 saturated carbocycles. The van der Waals surface area contributed by atoms with Crippen molar-refractivity contribution in [1.29, 1.82) is 0 Å². The number of aromatic nitrogens is 5. The first-order chi connectivity index (χ1) is 29.8. The number of para-hydroxylation sites is 2. The average molecular weight is 764 g/mol. The number of rotatable bonds is 4. The van der Waals surface area contributed by atoms with Gasteiger partial charge in [-0.3, -0.25) is 15.0 Å². The second kappa shape index (κ2) is 12.7. The van der Waals surface area contributed by atoms with Crippen LogP contribution < -0.4 is 0 Å². The molecule has 5 heterocycles. The molecule has 5 heteroatoms. The molecule has 0 radical (unpaired) electrons. The van der Waals surface area contributed by atoms with Crippen molar-refractivity contribution < 1.29 is 0 Å². The summed E-state index contributed by atoms with van der Waals surface area (Å²) in [6.45, 7) is 0. The minimum atomic E-state index is 0.944. The summed E-state index contributed by atoms with van der Waals surface area (Å²) in [5.74, 6) is 0. The number of hydrogen-bond donors (Lipinski definition) is 0. The highest BCUT2D eigenvalue weighted by molar-refractivity contribution is 6.24. The van der Waals surface area contributed by atoms with E-state index in [9.17, 15) is 0 Å². The Morgan fingerprint density at radius 2 is 0.917 bits per heavy atom. The third-order valence-electron chi connectivity index (χ3n) is 12.5. The maximum atomic E-state index is 5.43. The fraction of sp³-hybridized carbons (Fsp3) is 0. The van der Waals surface area contributed by atoms with Crippen molar-refractivity contribution in [3.8, 4) is 33.6 Å². The maximum absolute atomic E-state index is 5.43. The highest BCUT2D eigenvalue weighted by atomic mass is 15.0. The van der Waals surface area contributed by atoms with E-state index in [1.54, 1.807) is 0 Å². The fourth-order valence-electron chi connectivity index (χ4n) is 10.00. The van der Waals surface area contributed by atoms with E-state index in [-0.39, 0.29) is 0 Å². The lowest BCUT2D eigenvalue weighted by atomic mass is 9.87. The molecule has 0 aliphatic rings. The average Bonchev–Trinajstić information content (AvgIpc) is 3.85. The number of hydrogen-bond acceptors (Lipinski definition) is 3. The van der Waals surface area contributed by atoms with Crippen molar-refractivity contribution in [3.05, 3.63) is 201 Å². The van der Waals surface area contributed by atoms with Gasteiger partial charge in [0.25, 0.3) is 0 Å². The molecule has 13 rings (SSSR count). The second-order valence-corrected chi connectivity index (χ2v) is 15.6. The topological polar surface area (TPSA) is 48.5 Å². The van der Waals surface area contributed by atoms with E-state index in [0.717, 1.165) is 66.3 Å². The Morgan fingerprint density at radius 3 is 1.57 bits per heavy atom. The Bertz CT molecular complexity index is 3630. The largest absolute Gasteiger partial charge is 0.309 e. The Morgan fingerprint density at radius 1 is 0.333 bits per heavy atom. The zero-order chi connectivity index (χ0) is 39.3. The van der Waals surface area contributed by atoms with Crippen molar-refractivity contribution >= 4 is 86.8 Å². The van der Waals surface area contributed by atoms with Gasteiger partial charge in [0.2, 0.25) is 0 Å². The summed E-state index contributed by atoms with van der Waals surface area (Å²) in [5.41, 5.74) is 12.0. The quantitative estimate of drug-likeness (QED) is 0.168. The molecule has 0 saturated heterocycles. The summed E-state index contributed by atoms with van der Waals surface area (Å²) < 4.78 is 4.80. The van der Waals surface area contributed by atoms with E-state index in [2.05, 4.69) is 189 Å². The molecule has 0 atom stereocenters. The molecule has 5 nitrogen and oxygen atoms in total. The predicted octanol–water partition coefficient (Wildman–Crippen LogP) is 14.0. The van der Waals surface area contributed by atoms with Gasteiger partial charge in [0, 0.05) is 68.4 Å². The first-order valence-electron chi connectivity index (χ1n) is 20.3. The van der Waals surface area contributed by atoms with Crippen LogP contribution in [0.2, 0.25) is 0 Å². The summed E-state index contributed by atoms with van der Waals surface area (Å²) >= 11 is 0.